The average molecular weight is 211 g/mol. The van der Waals surface area contributed by atoms with E-state index < -0.39 is 0 Å². The fourth-order valence-electron chi connectivity index (χ4n) is 3.01. The van der Waals surface area contributed by atoms with E-state index >= 15 is 0 Å². The van der Waals surface area contributed by atoms with E-state index in [1.165, 1.54) is 38.8 Å². The lowest BCUT2D eigenvalue weighted by atomic mass is 9.71. The molecule has 2 saturated heterocycles. The van der Waals surface area contributed by atoms with E-state index in [-0.39, 0.29) is 0 Å². The minimum Gasteiger partial charge on any atom is -0.301 e. The fourth-order valence-corrected chi connectivity index (χ4v) is 3.01. The van der Waals surface area contributed by atoms with Gasteiger partial charge in [0.1, 0.15) is 0 Å². The minimum absolute atomic E-state index is 0.640. The number of hydrogen-bond acceptors (Lipinski definition) is 3. The summed E-state index contributed by atoms with van der Waals surface area (Å²) in [7, 11) is 0. The summed E-state index contributed by atoms with van der Waals surface area (Å²) < 4.78 is 0. The first-order valence-electron chi connectivity index (χ1n) is 6.35. The van der Waals surface area contributed by atoms with Crippen LogP contribution in [-0.2, 0) is 0 Å². The van der Waals surface area contributed by atoms with Crippen LogP contribution in [0.1, 0.15) is 39.5 Å². The third-order valence-corrected chi connectivity index (χ3v) is 4.45. The first-order chi connectivity index (χ1) is 7.11. The van der Waals surface area contributed by atoms with E-state index in [4.69, 9.17) is 5.84 Å². The summed E-state index contributed by atoms with van der Waals surface area (Å²) in [5.74, 6) is 5.82. The quantitative estimate of drug-likeness (QED) is 0.666. The number of nitrogens with two attached hydrogens (primary N) is 1. The van der Waals surface area contributed by atoms with Crippen LogP contribution in [0.4, 0.5) is 0 Å². The number of piperidine rings is 2. The van der Waals surface area contributed by atoms with E-state index in [1.807, 2.05) is 5.01 Å². The fraction of sp³-hybridized carbons (Fsp3) is 1.00. The topological polar surface area (TPSA) is 32.5 Å². The van der Waals surface area contributed by atoms with Gasteiger partial charge < -0.3 is 4.90 Å². The molecule has 0 aromatic carbocycles. The van der Waals surface area contributed by atoms with Crippen LogP contribution < -0.4 is 5.84 Å². The molecular weight excluding hydrogens is 186 g/mol. The van der Waals surface area contributed by atoms with Crippen molar-refractivity contribution in [1.29, 1.82) is 0 Å². The van der Waals surface area contributed by atoms with Crippen LogP contribution in [0.25, 0.3) is 0 Å². The number of likely N-dealkylation sites (tertiary alicyclic amines) is 1. The molecule has 2 fully saturated rings. The van der Waals surface area contributed by atoms with Crippen molar-refractivity contribution >= 4 is 0 Å². The van der Waals surface area contributed by atoms with Crippen LogP contribution in [0.5, 0.6) is 0 Å². The molecule has 0 atom stereocenters. The first kappa shape index (κ1) is 11.4. The van der Waals surface area contributed by atoms with Crippen molar-refractivity contribution in [2.24, 2.45) is 11.3 Å². The Balaban J connectivity index is 1.86. The van der Waals surface area contributed by atoms with E-state index in [0.29, 0.717) is 5.41 Å². The Labute approximate surface area is 93.6 Å². The molecule has 88 valence electrons. The Kier molecular flexibility index (Phi) is 3.33. The lowest BCUT2D eigenvalue weighted by Crippen LogP contribution is -2.49. The van der Waals surface area contributed by atoms with Gasteiger partial charge >= 0.3 is 0 Å². The summed E-state index contributed by atoms with van der Waals surface area (Å²) >= 11 is 0. The van der Waals surface area contributed by atoms with Crippen LogP contribution >= 0.6 is 0 Å². The maximum absolute atomic E-state index is 5.82. The molecule has 0 saturated carbocycles. The predicted octanol–water partition coefficient (Wildman–Crippen LogP) is 1.45. The van der Waals surface area contributed by atoms with Gasteiger partial charge in [0.15, 0.2) is 0 Å². The molecule has 2 heterocycles. The molecule has 2 rings (SSSR count). The van der Waals surface area contributed by atoms with Gasteiger partial charge in [-0.25, -0.2) is 5.01 Å². The molecular formula is C12H25N3. The zero-order valence-electron chi connectivity index (χ0n) is 10.2. The molecule has 0 unspecified atom stereocenters. The van der Waals surface area contributed by atoms with Crippen molar-refractivity contribution in [2.75, 3.05) is 26.2 Å². The van der Waals surface area contributed by atoms with Crippen molar-refractivity contribution in [3.63, 3.8) is 0 Å². The van der Waals surface area contributed by atoms with Gasteiger partial charge in [0, 0.05) is 19.1 Å². The first-order valence-corrected chi connectivity index (χ1v) is 6.35. The summed E-state index contributed by atoms with van der Waals surface area (Å²) in [5, 5.41) is 1.99. The van der Waals surface area contributed by atoms with Crippen molar-refractivity contribution in [1.82, 2.24) is 9.91 Å². The highest BCUT2D eigenvalue weighted by Crippen LogP contribution is 2.40. The monoisotopic (exact) mass is 211 g/mol. The van der Waals surface area contributed by atoms with Gasteiger partial charge in [-0.15, -0.1) is 0 Å². The highest BCUT2D eigenvalue weighted by molar-refractivity contribution is 4.90. The van der Waals surface area contributed by atoms with Crippen LogP contribution in [0.3, 0.4) is 0 Å². The van der Waals surface area contributed by atoms with Gasteiger partial charge in [-0.2, -0.15) is 0 Å². The average Bonchev–Trinajstić information content (AvgIpc) is 2.24. The molecule has 3 nitrogen and oxygen atoms in total. The Morgan fingerprint density at radius 3 is 1.87 bits per heavy atom. The maximum atomic E-state index is 5.82. The highest BCUT2D eigenvalue weighted by Gasteiger charge is 2.37. The maximum Gasteiger partial charge on any atom is 0.0133 e. The van der Waals surface area contributed by atoms with Crippen molar-refractivity contribution in [3.8, 4) is 0 Å². The summed E-state index contributed by atoms with van der Waals surface area (Å²) in [5.41, 5.74) is 0.640. The lowest BCUT2D eigenvalue weighted by molar-refractivity contribution is 0.0250. The zero-order chi connectivity index (χ0) is 10.9. The molecule has 15 heavy (non-hydrogen) atoms. The molecule has 2 aliphatic rings. The van der Waals surface area contributed by atoms with Crippen molar-refractivity contribution in [3.05, 3.63) is 0 Å². The number of rotatable bonds is 1. The van der Waals surface area contributed by atoms with Crippen molar-refractivity contribution < 1.29 is 0 Å². The molecule has 2 N–H and O–H groups in total. The highest BCUT2D eigenvalue weighted by atomic mass is 15.4. The molecule has 0 bridgehead atoms. The number of hydrazine groups is 1. The third-order valence-electron chi connectivity index (χ3n) is 4.45. The van der Waals surface area contributed by atoms with Crippen molar-refractivity contribution in [2.45, 2.75) is 45.6 Å². The normalized spacial score (nSPS) is 28.8. The van der Waals surface area contributed by atoms with Crippen LogP contribution in [0, 0.1) is 5.41 Å². The molecule has 0 aromatic heterocycles. The predicted molar refractivity (Wildman–Crippen MR) is 63.4 cm³/mol. The van der Waals surface area contributed by atoms with Gasteiger partial charge in [-0.1, -0.05) is 0 Å². The lowest BCUT2D eigenvalue weighted by Gasteiger charge is -2.47. The standard InChI is InChI=1S/C12H25N3/c1-11(2)14-7-3-12(4-8-14)5-9-15(13)10-6-12/h11H,3-10,13H2,1-2H3. The van der Waals surface area contributed by atoms with Gasteiger partial charge in [0.05, 0.1) is 0 Å². The summed E-state index contributed by atoms with van der Waals surface area (Å²) in [6, 6.07) is 0.719. The van der Waals surface area contributed by atoms with Gasteiger partial charge in [0.2, 0.25) is 0 Å². The Hall–Kier alpha value is -0.120. The number of nitrogens with zero attached hydrogens (tertiary/aromatic N) is 2. The molecule has 3 heteroatoms. The van der Waals surface area contributed by atoms with E-state index in [1.54, 1.807) is 0 Å². The smallest absolute Gasteiger partial charge is 0.0133 e. The Morgan fingerprint density at radius 2 is 1.40 bits per heavy atom. The number of hydrogen-bond donors (Lipinski definition) is 1. The Morgan fingerprint density at radius 1 is 0.933 bits per heavy atom. The van der Waals surface area contributed by atoms with E-state index in [0.717, 1.165) is 19.1 Å². The van der Waals surface area contributed by atoms with Crippen LogP contribution in [0.15, 0.2) is 0 Å². The molecule has 1 spiro atoms. The zero-order valence-corrected chi connectivity index (χ0v) is 10.2. The second-order valence-corrected chi connectivity index (χ2v) is 5.67. The minimum atomic E-state index is 0.640. The van der Waals surface area contributed by atoms with Crippen LogP contribution in [0.2, 0.25) is 0 Å². The molecule has 0 aromatic rings. The molecule has 0 radical (unpaired) electrons. The van der Waals surface area contributed by atoms with Gasteiger partial charge in [-0.05, 0) is 58.0 Å². The third kappa shape index (κ3) is 2.52. The summed E-state index contributed by atoms with van der Waals surface area (Å²) in [6.45, 7) is 9.40. The second-order valence-electron chi connectivity index (χ2n) is 5.67. The van der Waals surface area contributed by atoms with Crippen LogP contribution in [-0.4, -0.2) is 42.1 Å². The summed E-state index contributed by atoms with van der Waals surface area (Å²) in [4.78, 5) is 2.61. The largest absolute Gasteiger partial charge is 0.301 e. The SMILES string of the molecule is CC(C)N1CCC2(CCN(N)CC2)CC1. The summed E-state index contributed by atoms with van der Waals surface area (Å²) in [6.07, 6.45) is 5.41. The van der Waals surface area contributed by atoms with E-state index in [2.05, 4.69) is 18.7 Å². The molecule has 0 amide bonds. The van der Waals surface area contributed by atoms with Gasteiger partial charge in [0.25, 0.3) is 0 Å². The Bertz CT molecular complexity index is 197. The van der Waals surface area contributed by atoms with E-state index in [9.17, 15) is 0 Å². The second kappa shape index (κ2) is 4.40. The molecule has 0 aliphatic carbocycles. The van der Waals surface area contributed by atoms with Gasteiger partial charge in [-0.3, -0.25) is 5.84 Å². The molecule has 2 aliphatic heterocycles.